The van der Waals surface area contributed by atoms with Gasteiger partial charge in [0.2, 0.25) is 10.0 Å². The molecule has 4 nitrogen and oxygen atoms in total. The van der Waals surface area contributed by atoms with Gasteiger partial charge in [0, 0.05) is 16.9 Å². The van der Waals surface area contributed by atoms with Gasteiger partial charge in [0.25, 0.3) is 0 Å². The third-order valence-corrected chi connectivity index (χ3v) is 8.26. The van der Waals surface area contributed by atoms with Gasteiger partial charge in [-0.25, -0.2) is 13.1 Å². The molecule has 3 aromatic rings. The Morgan fingerprint density at radius 2 is 1.71 bits per heavy atom. The van der Waals surface area contributed by atoms with Crippen molar-refractivity contribution < 1.29 is 13.2 Å². The molecular formula is C28H29NO3S2. The van der Waals surface area contributed by atoms with Gasteiger partial charge in [0.15, 0.2) is 0 Å². The number of hydrogen-bond acceptors (Lipinski definition) is 4. The first kappa shape index (κ1) is 25.6. The number of benzene rings is 3. The number of rotatable bonds is 11. The number of terminal acetylenes is 1. The Bertz CT molecular complexity index is 1220. The molecule has 3 rings (SSSR count). The van der Waals surface area contributed by atoms with Gasteiger partial charge in [-0.2, -0.15) is 0 Å². The number of sulfonamides is 1. The van der Waals surface area contributed by atoms with Crippen LogP contribution in [-0.2, 0) is 16.4 Å². The fraction of sp³-hybridized carbons (Fsp3) is 0.214. The first-order valence-corrected chi connectivity index (χ1v) is 13.2. The Morgan fingerprint density at radius 1 is 1.06 bits per heavy atom. The van der Waals surface area contributed by atoms with Gasteiger partial charge in [0.05, 0.1) is 17.3 Å². The highest BCUT2D eigenvalue weighted by atomic mass is 32.2. The average molecular weight is 492 g/mol. The van der Waals surface area contributed by atoms with Crippen LogP contribution in [0.2, 0.25) is 0 Å². The van der Waals surface area contributed by atoms with E-state index in [2.05, 4.69) is 17.2 Å². The molecule has 0 saturated carbocycles. The third kappa shape index (κ3) is 6.77. The van der Waals surface area contributed by atoms with E-state index in [1.54, 1.807) is 37.5 Å². The second-order valence-corrected chi connectivity index (χ2v) is 10.9. The fourth-order valence-corrected chi connectivity index (χ4v) is 6.03. The lowest BCUT2D eigenvalue weighted by Gasteiger charge is -2.29. The molecule has 0 heterocycles. The zero-order valence-electron chi connectivity index (χ0n) is 19.3. The number of nitrogens with one attached hydrogen (secondary N) is 1. The van der Waals surface area contributed by atoms with Crippen LogP contribution in [0.1, 0.15) is 11.1 Å². The van der Waals surface area contributed by atoms with E-state index >= 15 is 0 Å². The maximum absolute atomic E-state index is 13.3. The summed E-state index contributed by atoms with van der Waals surface area (Å²) in [6, 6.07) is 23.7. The predicted molar refractivity (Wildman–Crippen MR) is 141 cm³/mol. The van der Waals surface area contributed by atoms with E-state index in [0.717, 1.165) is 21.8 Å². The van der Waals surface area contributed by atoms with Crippen molar-refractivity contribution in [2.45, 2.75) is 34.4 Å². The standard InChI is InChI=1S/C28H29NO3S2/c1-5-26(28(6-2)33-24-10-8-7-9-11-24)27(20-22-14-16-23(32-4)17-15-22)29-34(30,31)25-18-12-21(3)13-19-25/h2,5,7-19,26-29H,1,20H2,3-4H3/t26-,27+,28?/m0/s1. The van der Waals surface area contributed by atoms with Crippen LogP contribution in [0.15, 0.2) is 101 Å². The highest BCUT2D eigenvalue weighted by Crippen LogP contribution is 2.32. The molecule has 6 heteroatoms. The monoisotopic (exact) mass is 491 g/mol. The minimum absolute atomic E-state index is 0.216. The van der Waals surface area contributed by atoms with Crippen LogP contribution in [0.25, 0.3) is 0 Å². The molecule has 0 saturated heterocycles. The molecule has 1 unspecified atom stereocenters. The molecule has 3 atom stereocenters. The summed E-state index contributed by atoms with van der Waals surface area (Å²) >= 11 is 1.53. The first-order chi connectivity index (χ1) is 16.4. The molecule has 0 aliphatic rings. The van der Waals surface area contributed by atoms with Gasteiger partial charge in [-0.05, 0) is 55.3 Å². The topological polar surface area (TPSA) is 55.4 Å². The molecule has 0 spiro atoms. The van der Waals surface area contributed by atoms with Gasteiger partial charge in [0.1, 0.15) is 5.75 Å². The zero-order valence-corrected chi connectivity index (χ0v) is 21.0. The number of hydrogen-bond donors (Lipinski definition) is 1. The summed E-state index contributed by atoms with van der Waals surface area (Å²) in [5.41, 5.74) is 1.95. The second-order valence-electron chi connectivity index (χ2n) is 7.92. The molecule has 0 radical (unpaired) electrons. The van der Waals surface area contributed by atoms with Crippen LogP contribution in [0, 0.1) is 25.2 Å². The van der Waals surface area contributed by atoms with Crippen molar-refractivity contribution in [1.82, 2.24) is 4.72 Å². The molecule has 0 fully saturated rings. The minimum Gasteiger partial charge on any atom is -0.497 e. The third-order valence-electron chi connectivity index (χ3n) is 5.51. The second kappa shape index (κ2) is 11.9. The summed E-state index contributed by atoms with van der Waals surface area (Å²) in [6.07, 6.45) is 8.15. The highest BCUT2D eigenvalue weighted by Gasteiger charge is 2.31. The van der Waals surface area contributed by atoms with E-state index in [-0.39, 0.29) is 16.1 Å². The van der Waals surface area contributed by atoms with E-state index in [1.165, 1.54) is 11.8 Å². The molecule has 1 N–H and O–H groups in total. The van der Waals surface area contributed by atoms with E-state index in [9.17, 15) is 8.42 Å². The van der Waals surface area contributed by atoms with Crippen LogP contribution >= 0.6 is 11.8 Å². The van der Waals surface area contributed by atoms with Crippen LogP contribution in [0.5, 0.6) is 5.75 Å². The Labute approximate surface area is 207 Å². The van der Waals surface area contributed by atoms with Crippen molar-refractivity contribution in [1.29, 1.82) is 0 Å². The Morgan fingerprint density at radius 3 is 2.26 bits per heavy atom. The van der Waals surface area contributed by atoms with Gasteiger partial charge in [-0.1, -0.05) is 60.0 Å². The average Bonchev–Trinajstić information content (AvgIpc) is 2.85. The maximum Gasteiger partial charge on any atom is 0.240 e. The molecular weight excluding hydrogens is 462 g/mol. The molecule has 3 aromatic carbocycles. The lowest BCUT2D eigenvalue weighted by Crippen LogP contribution is -2.44. The Balaban J connectivity index is 1.94. The summed E-state index contributed by atoms with van der Waals surface area (Å²) in [5, 5.41) is -0.316. The lowest BCUT2D eigenvalue weighted by atomic mass is 9.91. The SMILES string of the molecule is C#CC(Sc1ccccc1)[C@@H](C=C)[C@@H](Cc1ccc(OC)cc1)NS(=O)(=O)c1ccc(C)cc1. The molecule has 0 aromatic heterocycles. The van der Waals surface area contributed by atoms with Crippen molar-refractivity contribution in [2.24, 2.45) is 5.92 Å². The van der Waals surface area contributed by atoms with Gasteiger partial charge >= 0.3 is 0 Å². The number of thioether (sulfide) groups is 1. The largest absolute Gasteiger partial charge is 0.497 e. The number of ether oxygens (including phenoxy) is 1. The number of methoxy groups -OCH3 is 1. The summed E-state index contributed by atoms with van der Waals surface area (Å²) in [4.78, 5) is 1.23. The predicted octanol–water partition coefficient (Wildman–Crippen LogP) is 5.49. The van der Waals surface area contributed by atoms with Crippen molar-refractivity contribution in [3.05, 3.63) is 103 Å². The first-order valence-electron chi connectivity index (χ1n) is 10.9. The molecule has 0 aliphatic heterocycles. The molecule has 0 aliphatic carbocycles. The smallest absolute Gasteiger partial charge is 0.240 e. The molecule has 0 bridgehead atoms. The Kier molecular flexibility index (Phi) is 9.00. The summed E-state index contributed by atoms with van der Waals surface area (Å²) in [6.45, 7) is 5.93. The molecule has 0 amide bonds. The van der Waals surface area contributed by atoms with E-state index in [4.69, 9.17) is 11.2 Å². The quantitative estimate of drug-likeness (QED) is 0.219. The molecule has 176 valence electrons. The summed E-state index contributed by atoms with van der Waals surface area (Å²) in [7, 11) is -2.17. The molecule has 34 heavy (non-hydrogen) atoms. The van der Waals surface area contributed by atoms with Crippen molar-refractivity contribution in [2.75, 3.05) is 7.11 Å². The Hall–Kier alpha value is -2.98. The van der Waals surface area contributed by atoms with Crippen LogP contribution < -0.4 is 9.46 Å². The lowest BCUT2D eigenvalue weighted by molar-refractivity contribution is 0.414. The summed E-state index contributed by atoms with van der Waals surface area (Å²) in [5.74, 6) is 3.27. The van der Waals surface area contributed by atoms with Gasteiger partial charge in [-0.3, -0.25) is 0 Å². The van der Waals surface area contributed by atoms with Crippen LogP contribution in [-0.4, -0.2) is 26.8 Å². The van der Waals surface area contributed by atoms with Crippen molar-refractivity contribution in [3.63, 3.8) is 0 Å². The van der Waals surface area contributed by atoms with E-state index in [0.29, 0.717) is 6.42 Å². The van der Waals surface area contributed by atoms with Crippen LogP contribution in [0.3, 0.4) is 0 Å². The minimum atomic E-state index is -3.78. The zero-order chi connectivity index (χ0) is 24.6. The fourth-order valence-electron chi connectivity index (χ4n) is 3.62. The van der Waals surface area contributed by atoms with Gasteiger partial charge in [-0.15, -0.1) is 24.8 Å². The van der Waals surface area contributed by atoms with Crippen LogP contribution in [0.4, 0.5) is 0 Å². The van der Waals surface area contributed by atoms with Crippen molar-refractivity contribution >= 4 is 21.8 Å². The number of aryl methyl sites for hydroxylation is 1. The van der Waals surface area contributed by atoms with Crippen molar-refractivity contribution in [3.8, 4) is 18.1 Å². The van der Waals surface area contributed by atoms with Gasteiger partial charge < -0.3 is 4.74 Å². The van der Waals surface area contributed by atoms with E-state index in [1.807, 2.05) is 61.5 Å². The van der Waals surface area contributed by atoms with E-state index < -0.39 is 16.1 Å². The summed E-state index contributed by atoms with van der Waals surface area (Å²) < 4.78 is 34.8. The highest BCUT2D eigenvalue weighted by molar-refractivity contribution is 8.00. The normalized spacial score (nSPS) is 13.9. The maximum atomic E-state index is 13.3.